The van der Waals surface area contributed by atoms with Crippen LogP contribution in [0.2, 0.25) is 0 Å². The molecule has 0 heterocycles. The molecule has 0 aromatic heterocycles. The van der Waals surface area contributed by atoms with E-state index < -0.39 is 17.5 Å². The summed E-state index contributed by atoms with van der Waals surface area (Å²) in [7, 11) is 0. The lowest BCUT2D eigenvalue weighted by Gasteiger charge is -2.30. The fourth-order valence-corrected chi connectivity index (χ4v) is 2.62. The van der Waals surface area contributed by atoms with E-state index in [9.17, 15) is 13.2 Å². The highest BCUT2D eigenvalue weighted by Gasteiger charge is 2.29. The van der Waals surface area contributed by atoms with E-state index in [1.165, 1.54) is 0 Å². The van der Waals surface area contributed by atoms with Crippen molar-refractivity contribution >= 4 is 15.9 Å². The largest absolute Gasteiger partial charge is 0.207 e. The van der Waals surface area contributed by atoms with Crippen molar-refractivity contribution in [2.75, 3.05) is 0 Å². The molecule has 0 amide bonds. The first kappa shape index (κ1) is 11.0. The van der Waals surface area contributed by atoms with Crippen molar-refractivity contribution in [1.29, 1.82) is 0 Å². The van der Waals surface area contributed by atoms with Gasteiger partial charge in [0, 0.05) is 16.5 Å². The minimum absolute atomic E-state index is 0.207. The predicted molar refractivity (Wildman–Crippen MR) is 55.3 cm³/mol. The zero-order chi connectivity index (χ0) is 11.0. The molecule has 0 radical (unpaired) electrons. The van der Waals surface area contributed by atoms with Gasteiger partial charge in [-0.2, -0.15) is 0 Å². The topological polar surface area (TPSA) is 0 Å². The van der Waals surface area contributed by atoms with Crippen LogP contribution in [0.15, 0.2) is 12.1 Å². The molecule has 1 aromatic carbocycles. The van der Waals surface area contributed by atoms with Crippen molar-refractivity contribution in [3.8, 4) is 0 Å². The minimum atomic E-state index is -1.13. The summed E-state index contributed by atoms with van der Waals surface area (Å²) >= 11 is 3.34. The molecule has 1 saturated carbocycles. The molecule has 4 heteroatoms. The van der Waals surface area contributed by atoms with Crippen molar-refractivity contribution in [3.63, 3.8) is 0 Å². The number of hydrogen-bond donors (Lipinski definition) is 0. The van der Waals surface area contributed by atoms with Crippen LogP contribution >= 0.6 is 15.9 Å². The van der Waals surface area contributed by atoms with Gasteiger partial charge in [-0.3, -0.25) is 0 Å². The molecule has 0 spiro atoms. The molecular formula is C11H10BrF3. The van der Waals surface area contributed by atoms with Crippen molar-refractivity contribution in [2.45, 2.75) is 24.1 Å². The van der Waals surface area contributed by atoms with Gasteiger partial charge in [0.05, 0.1) is 0 Å². The average molecular weight is 279 g/mol. The van der Waals surface area contributed by atoms with Gasteiger partial charge in [-0.05, 0) is 24.8 Å². The zero-order valence-electron chi connectivity index (χ0n) is 7.94. The molecule has 0 saturated heterocycles. The molecule has 82 valence electrons. The van der Waals surface area contributed by atoms with Gasteiger partial charge in [-0.15, -0.1) is 0 Å². The monoisotopic (exact) mass is 278 g/mol. The van der Waals surface area contributed by atoms with Crippen LogP contribution in [0.5, 0.6) is 0 Å². The van der Waals surface area contributed by atoms with Gasteiger partial charge in [0.2, 0.25) is 0 Å². The quantitative estimate of drug-likeness (QED) is 0.558. The standard InChI is InChI=1S/C11H10BrF3/c12-11(6-2-1-3-6)7-4-9(14)10(15)5-8(7)13/h4-6,11H,1-3H2. The first-order valence-electron chi connectivity index (χ1n) is 4.88. The van der Waals surface area contributed by atoms with Crippen LogP contribution in [-0.2, 0) is 0 Å². The third kappa shape index (κ3) is 2.05. The van der Waals surface area contributed by atoms with E-state index in [2.05, 4.69) is 15.9 Å². The van der Waals surface area contributed by atoms with E-state index in [0.29, 0.717) is 12.0 Å². The number of benzene rings is 1. The fraction of sp³-hybridized carbons (Fsp3) is 0.455. The van der Waals surface area contributed by atoms with E-state index in [-0.39, 0.29) is 10.4 Å². The molecule has 1 aliphatic rings. The van der Waals surface area contributed by atoms with Crippen LogP contribution in [0.1, 0.15) is 29.7 Å². The summed E-state index contributed by atoms with van der Waals surface area (Å²) in [4.78, 5) is -0.207. The molecule has 0 aliphatic heterocycles. The lowest BCUT2D eigenvalue weighted by atomic mass is 9.81. The minimum Gasteiger partial charge on any atom is -0.207 e. The number of halogens is 4. The SMILES string of the molecule is Fc1cc(F)c(C(Br)C2CCC2)cc1F. The average Bonchev–Trinajstić information content (AvgIpc) is 2.08. The van der Waals surface area contributed by atoms with Gasteiger partial charge < -0.3 is 0 Å². The maximum absolute atomic E-state index is 13.4. The Kier molecular flexibility index (Phi) is 3.05. The first-order chi connectivity index (χ1) is 7.09. The fourth-order valence-electron chi connectivity index (χ4n) is 1.74. The van der Waals surface area contributed by atoms with Crippen molar-refractivity contribution in [2.24, 2.45) is 5.92 Å². The van der Waals surface area contributed by atoms with Crippen molar-refractivity contribution in [3.05, 3.63) is 35.1 Å². The number of rotatable bonds is 2. The molecule has 15 heavy (non-hydrogen) atoms. The lowest BCUT2D eigenvalue weighted by molar-refractivity contribution is 0.308. The number of hydrogen-bond acceptors (Lipinski definition) is 0. The second-order valence-electron chi connectivity index (χ2n) is 3.88. The summed E-state index contributed by atoms with van der Waals surface area (Å²) in [6.07, 6.45) is 3.14. The maximum Gasteiger partial charge on any atom is 0.161 e. The Morgan fingerprint density at radius 1 is 1.07 bits per heavy atom. The summed E-state index contributed by atoms with van der Waals surface area (Å²) in [5, 5.41) is 0. The normalized spacial score (nSPS) is 18.7. The summed E-state index contributed by atoms with van der Waals surface area (Å²) < 4.78 is 39.0. The molecule has 1 aromatic rings. The van der Waals surface area contributed by atoms with Crippen molar-refractivity contribution in [1.82, 2.24) is 0 Å². The molecule has 1 unspecified atom stereocenters. The Morgan fingerprint density at radius 2 is 1.67 bits per heavy atom. The Balaban J connectivity index is 2.30. The van der Waals surface area contributed by atoms with Crippen LogP contribution in [0.4, 0.5) is 13.2 Å². The molecule has 1 fully saturated rings. The maximum atomic E-state index is 13.4. The van der Waals surface area contributed by atoms with Crippen LogP contribution < -0.4 is 0 Å². The van der Waals surface area contributed by atoms with Crippen LogP contribution in [0, 0.1) is 23.4 Å². The van der Waals surface area contributed by atoms with Gasteiger partial charge >= 0.3 is 0 Å². The van der Waals surface area contributed by atoms with E-state index in [0.717, 1.165) is 25.3 Å². The molecule has 0 bridgehead atoms. The molecule has 2 rings (SSSR count). The van der Waals surface area contributed by atoms with Crippen molar-refractivity contribution < 1.29 is 13.2 Å². The van der Waals surface area contributed by atoms with E-state index in [1.807, 2.05) is 0 Å². The van der Waals surface area contributed by atoms with Crippen LogP contribution in [0.3, 0.4) is 0 Å². The highest BCUT2D eigenvalue weighted by Crippen LogP contribution is 2.43. The highest BCUT2D eigenvalue weighted by atomic mass is 79.9. The van der Waals surface area contributed by atoms with Gasteiger partial charge in [-0.1, -0.05) is 22.4 Å². The summed E-state index contributed by atoms with van der Waals surface area (Å²) in [5.41, 5.74) is 0.221. The third-order valence-electron chi connectivity index (χ3n) is 2.90. The smallest absolute Gasteiger partial charge is 0.161 e. The molecule has 1 atom stereocenters. The highest BCUT2D eigenvalue weighted by molar-refractivity contribution is 9.09. The number of alkyl halides is 1. The molecule has 0 N–H and O–H groups in total. The summed E-state index contributed by atoms with van der Waals surface area (Å²) in [5.74, 6) is -2.47. The summed E-state index contributed by atoms with van der Waals surface area (Å²) in [6.45, 7) is 0. The third-order valence-corrected chi connectivity index (χ3v) is 4.14. The second-order valence-corrected chi connectivity index (χ2v) is 4.87. The Morgan fingerprint density at radius 3 is 2.20 bits per heavy atom. The Bertz CT molecular complexity index is 374. The van der Waals surface area contributed by atoms with Crippen LogP contribution in [0.25, 0.3) is 0 Å². The molecule has 1 aliphatic carbocycles. The first-order valence-corrected chi connectivity index (χ1v) is 5.79. The van der Waals surface area contributed by atoms with E-state index in [4.69, 9.17) is 0 Å². The van der Waals surface area contributed by atoms with E-state index in [1.54, 1.807) is 0 Å². The molecular weight excluding hydrogens is 269 g/mol. The van der Waals surface area contributed by atoms with Crippen LogP contribution in [-0.4, -0.2) is 0 Å². The summed E-state index contributed by atoms with van der Waals surface area (Å²) in [6, 6.07) is 1.56. The second kappa shape index (κ2) is 4.16. The van der Waals surface area contributed by atoms with Gasteiger partial charge in [0.25, 0.3) is 0 Å². The Hall–Kier alpha value is -0.510. The lowest BCUT2D eigenvalue weighted by Crippen LogP contribution is -2.17. The van der Waals surface area contributed by atoms with Gasteiger partial charge in [0.1, 0.15) is 5.82 Å². The van der Waals surface area contributed by atoms with E-state index >= 15 is 0 Å². The van der Waals surface area contributed by atoms with Gasteiger partial charge in [-0.25, -0.2) is 13.2 Å². The Labute approximate surface area is 94.6 Å². The molecule has 0 nitrogen and oxygen atoms in total. The van der Waals surface area contributed by atoms with Gasteiger partial charge in [0.15, 0.2) is 11.6 Å². The predicted octanol–water partition coefficient (Wildman–Crippen LogP) is 4.34. The zero-order valence-corrected chi connectivity index (χ0v) is 9.53.